The van der Waals surface area contributed by atoms with Gasteiger partial charge in [-0.3, -0.25) is 9.59 Å². The Labute approximate surface area is 154 Å². The first-order chi connectivity index (χ1) is 12.4. The Balaban J connectivity index is 1.86. The van der Waals surface area contributed by atoms with Crippen molar-refractivity contribution in [2.24, 2.45) is 0 Å². The van der Waals surface area contributed by atoms with Gasteiger partial charge >= 0.3 is 0 Å². The lowest BCUT2D eigenvalue weighted by Crippen LogP contribution is -2.38. The fourth-order valence-corrected chi connectivity index (χ4v) is 2.67. The average molecular weight is 356 g/mol. The summed E-state index contributed by atoms with van der Waals surface area (Å²) >= 11 is 0. The van der Waals surface area contributed by atoms with E-state index >= 15 is 0 Å². The van der Waals surface area contributed by atoms with Gasteiger partial charge in [-0.1, -0.05) is 24.3 Å². The number of benzene rings is 2. The van der Waals surface area contributed by atoms with Gasteiger partial charge in [-0.05, 0) is 55.2 Å². The maximum Gasteiger partial charge on any atom is 0.251 e. The third-order valence-corrected chi connectivity index (χ3v) is 4.49. The minimum absolute atomic E-state index is 0.0956. The van der Waals surface area contributed by atoms with E-state index in [1.165, 1.54) is 13.0 Å². The summed E-state index contributed by atoms with van der Waals surface area (Å²) in [5.41, 5.74) is 3.39. The molecule has 0 saturated heterocycles. The molecule has 2 aromatic carbocycles. The lowest BCUT2D eigenvalue weighted by Gasteiger charge is -2.21. The second kappa shape index (κ2) is 9.13. The van der Waals surface area contributed by atoms with Crippen LogP contribution in [-0.4, -0.2) is 36.3 Å². The zero-order valence-corrected chi connectivity index (χ0v) is 15.5. The molecule has 0 aliphatic rings. The monoisotopic (exact) mass is 356 g/mol. The van der Waals surface area contributed by atoms with Crippen LogP contribution < -0.4 is 5.32 Å². The minimum Gasteiger partial charge on any atom is -0.350 e. The zero-order valence-electron chi connectivity index (χ0n) is 15.5. The highest BCUT2D eigenvalue weighted by atomic mass is 19.1. The van der Waals surface area contributed by atoms with Crippen LogP contribution in [0.4, 0.5) is 4.39 Å². The molecule has 0 unspecified atom stereocenters. The number of nitrogens with zero attached hydrogens (tertiary/aromatic N) is 1. The molecule has 1 N–H and O–H groups in total. The number of carbonyl (C=O) groups is 2. The van der Waals surface area contributed by atoms with Crippen molar-refractivity contribution >= 4 is 11.8 Å². The highest BCUT2D eigenvalue weighted by molar-refractivity contribution is 5.94. The second-order valence-corrected chi connectivity index (χ2v) is 6.40. The van der Waals surface area contributed by atoms with E-state index < -0.39 is 0 Å². The van der Waals surface area contributed by atoms with Crippen molar-refractivity contribution in [1.82, 2.24) is 10.2 Å². The molecule has 0 saturated carbocycles. The number of carbonyl (C=O) groups excluding carboxylic acids is 2. The number of halogens is 1. The highest BCUT2D eigenvalue weighted by Gasteiger charge is 2.12. The maximum absolute atomic E-state index is 13.7. The van der Waals surface area contributed by atoms with E-state index in [0.717, 1.165) is 11.1 Å². The fraction of sp³-hybridized carbons (Fsp3) is 0.333. The molecular formula is C21H25FN2O2. The molecule has 26 heavy (non-hydrogen) atoms. The molecule has 2 rings (SSSR count). The molecule has 0 fully saturated rings. The molecule has 0 aromatic heterocycles. The third kappa shape index (κ3) is 5.41. The minimum atomic E-state index is -0.265. The Morgan fingerprint density at radius 1 is 1.04 bits per heavy atom. The average Bonchev–Trinajstić information content (AvgIpc) is 2.61. The predicted molar refractivity (Wildman–Crippen MR) is 101 cm³/mol. The molecule has 0 bridgehead atoms. The quantitative estimate of drug-likeness (QED) is 0.828. The van der Waals surface area contributed by atoms with E-state index in [0.29, 0.717) is 37.2 Å². The molecule has 5 heteroatoms. The van der Waals surface area contributed by atoms with Crippen LogP contribution in [0, 0.1) is 19.7 Å². The Morgan fingerprint density at radius 2 is 1.77 bits per heavy atom. The Morgan fingerprint density at radius 3 is 2.42 bits per heavy atom. The number of amides is 2. The SMILES string of the molecule is CC(=O)N(CCNC(=O)c1ccc(C)c(C)c1)CCc1ccccc1F. The van der Waals surface area contributed by atoms with Gasteiger partial charge in [-0.2, -0.15) is 0 Å². The van der Waals surface area contributed by atoms with Gasteiger partial charge in [0.25, 0.3) is 5.91 Å². The Bertz CT molecular complexity index is 789. The van der Waals surface area contributed by atoms with Crippen molar-refractivity contribution in [3.8, 4) is 0 Å². The second-order valence-electron chi connectivity index (χ2n) is 6.40. The smallest absolute Gasteiger partial charge is 0.251 e. The van der Waals surface area contributed by atoms with Gasteiger partial charge in [-0.25, -0.2) is 4.39 Å². The van der Waals surface area contributed by atoms with Crippen LogP contribution in [0.5, 0.6) is 0 Å². The van der Waals surface area contributed by atoms with Gasteiger partial charge in [0.15, 0.2) is 0 Å². The molecule has 2 aromatic rings. The van der Waals surface area contributed by atoms with Crippen molar-refractivity contribution < 1.29 is 14.0 Å². The van der Waals surface area contributed by atoms with Crippen molar-refractivity contribution in [3.05, 3.63) is 70.5 Å². The van der Waals surface area contributed by atoms with Crippen LogP contribution >= 0.6 is 0 Å². The third-order valence-electron chi connectivity index (χ3n) is 4.49. The van der Waals surface area contributed by atoms with Crippen molar-refractivity contribution in [1.29, 1.82) is 0 Å². The van der Waals surface area contributed by atoms with Gasteiger partial charge in [-0.15, -0.1) is 0 Å². The molecule has 0 radical (unpaired) electrons. The normalized spacial score (nSPS) is 10.5. The first-order valence-electron chi connectivity index (χ1n) is 8.73. The summed E-state index contributed by atoms with van der Waals surface area (Å²) in [5.74, 6) is -0.522. The molecule has 0 heterocycles. The van der Waals surface area contributed by atoms with Crippen LogP contribution in [0.1, 0.15) is 34.0 Å². The Kier molecular flexibility index (Phi) is 6.89. The summed E-state index contributed by atoms with van der Waals surface area (Å²) in [6, 6.07) is 12.1. The van der Waals surface area contributed by atoms with Gasteiger partial charge in [0.05, 0.1) is 0 Å². The maximum atomic E-state index is 13.7. The van der Waals surface area contributed by atoms with Crippen molar-refractivity contribution in [2.75, 3.05) is 19.6 Å². The lowest BCUT2D eigenvalue weighted by molar-refractivity contribution is -0.128. The molecule has 4 nitrogen and oxygen atoms in total. The van der Waals surface area contributed by atoms with Crippen LogP contribution in [0.15, 0.2) is 42.5 Å². The zero-order chi connectivity index (χ0) is 19.1. The summed E-state index contributed by atoms with van der Waals surface area (Å²) in [7, 11) is 0. The first kappa shape index (κ1) is 19.6. The fourth-order valence-electron chi connectivity index (χ4n) is 2.67. The van der Waals surface area contributed by atoms with Crippen LogP contribution in [0.3, 0.4) is 0 Å². The summed E-state index contributed by atoms with van der Waals surface area (Å²) in [6.45, 7) is 6.59. The number of aryl methyl sites for hydroxylation is 2. The number of rotatable bonds is 7. The number of nitrogens with one attached hydrogen (secondary N) is 1. The Hall–Kier alpha value is -2.69. The van der Waals surface area contributed by atoms with Gasteiger partial charge in [0.1, 0.15) is 5.82 Å². The predicted octanol–water partition coefficient (Wildman–Crippen LogP) is 3.26. The van der Waals surface area contributed by atoms with E-state index in [2.05, 4.69) is 5.32 Å². The summed E-state index contributed by atoms with van der Waals surface area (Å²) < 4.78 is 13.7. The summed E-state index contributed by atoms with van der Waals surface area (Å²) in [4.78, 5) is 25.6. The van der Waals surface area contributed by atoms with E-state index in [1.807, 2.05) is 26.0 Å². The topological polar surface area (TPSA) is 49.4 Å². The van der Waals surface area contributed by atoms with Crippen LogP contribution in [0.2, 0.25) is 0 Å². The lowest BCUT2D eigenvalue weighted by atomic mass is 10.1. The van der Waals surface area contributed by atoms with Gasteiger partial charge in [0.2, 0.25) is 5.91 Å². The number of hydrogen-bond acceptors (Lipinski definition) is 2. The van der Waals surface area contributed by atoms with E-state index in [9.17, 15) is 14.0 Å². The standard InChI is InChI=1S/C21H25FN2O2/c1-15-8-9-19(14-16(15)2)21(26)23-11-13-24(17(3)25)12-10-18-6-4-5-7-20(18)22/h4-9,14H,10-13H2,1-3H3,(H,23,26). The van der Waals surface area contributed by atoms with E-state index in [-0.39, 0.29) is 17.6 Å². The van der Waals surface area contributed by atoms with Crippen LogP contribution in [0.25, 0.3) is 0 Å². The molecule has 0 atom stereocenters. The van der Waals surface area contributed by atoms with E-state index in [4.69, 9.17) is 0 Å². The van der Waals surface area contributed by atoms with Crippen LogP contribution in [-0.2, 0) is 11.2 Å². The largest absolute Gasteiger partial charge is 0.350 e. The first-order valence-corrected chi connectivity index (χ1v) is 8.73. The van der Waals surface area contributed by atoms with Gasteiger partial charge < -0.3 is 10.2 Å². The molecule has 2 amide bonds. The summed E-state index contributed by atoms with van der Waals surface area (Å²) in [6.07, 6.45) is 0.442. The molecule has 0 aliphatic carbocycles. The van der Waals surface area contributed by atoms with E-state index in [1.54, 1.807) is 29.2 Å². The summed E-state index contributed by atoms with van der Waals surface area (Å²) in [5, 5.41) is 2.83. The number of hydrogen-bond donors (Lipinski definition) is 1. The molecule has 138 valence electrons. The molecule has 0 aliphatic heterocycles. The van der Waals surface area contributed by atoms with Gasteiger partial charge in [0, 0.05) is 32.1 Å². The molecule has 0 spiro atoms. The van der Waals surface area contributed by atoms with Crippen molar-refractivity contribution in [3.63, 3.8) is 0 Å². The highest BCUT2D eigenvalue weighted by Crippen LogP contribution is 2.10. The van der Waals surface area contributed by atoms with Crippen molar-refractivity contribution in [2.45, 2.75) is 27.2 Å². The molecular weight excluding hydrogens is 331 g/mol.